The van der Waals surface area contributed by atoms with Crippen LogP contribution in [0.3, 0.4) is 0 Å². The molecule has 3 aromatic carbocycles. The largest absolute Gasteiger partial charge is 0.496 e. The van der Waals surface area contributed by atoms with Gasteiger partial charge in [0.1, 0.15) is 23.1 Å². The number of carbonyl (C=O) groups excluding carboxylic acids is 1. The smallest absolute Gasteiger partial charge is 0.306 e. The first-order chi connectivity index (χ1) is 15.9. The maximum Gasteiger partial charge on any atom is 0.306 e. The number of para-hydroxylation sites is 1. The van der Waals surface area contributed by atoms with Gasteiger partial charge in [0.25, 0.3) is 5.91 Å². The average molecular weight is 451 g/mol. The quantitative estimate of drug-likeness (QED) is 0.442. The summed E-state index contributed by atoms with van der Waals surface area (Å²) in [5, 5.41) is 12.2. The Morgan fingerprint density at radius 3 is 2.42 bits per heavy atom. The van der Waals surface area contributed by atoms with Gasteiger partial charge in [0.2, 0.25) is 0 Å². The number of hydrogen-bond donors (Lipinski definition) is 2. The number of nitrogens with one attached hydrogen (secondary N) is 1. The Balaban J connectivity index is 1.75. The zero-order valence-corrected chi connectivity index (χ0v) is 18.5. The maximum atomic E-state index is 13.2. The predicted molar refractivity (Wildman–Crippen MR) is 122 cm³/mol. The third-order valence-corrected chi connectivity index (χ3v) is 5.29. The monoisotopic (exact) mass is 451 g/mol. The summed E-state index contributed by atoms with van der Waals surface area (Å²) in [7, 11) is 1.48. The fourth-order valence-corrected chi connectivity index (χ4v) is 3.40. The molecule has 172 valence electrons. The second kappa shape index (κ2) is 11.1. The third kappa shape index (κ3) is 6.32. The first-order valence-corrected chi connectivity index (χ1v) is 10.6. The van der Waals surface area contributed by atoms with Crippen LogP contribution in [0.4, 0.5) is 4.39 Å². The number of aliphatic carboxylic acids is 1. The molecular formula is C26H26FNO5. The molecule has 0 fully saturated rings. The summed E-state index contributed by atoms with van der Waals surface area (Å²) in [5.41, 5.74) is 1.81. The summed E-state index contributed by atoms with van der Waals surface area (Å²) in [4.78, 5) is 24.3. The lowest BCUT2D eigenvalue weighted by Gasteiger charge is -2.15. The number of rotatable bonds is 10. The van der Waals surface area contributed by atoms with Crippen LogP contribution in [-0.2, 0) is 17.8 Å². The van der Waals surface area contributed by atoms with Crippen molar-refractivity contribution >= 4 is 11.9 Å². The van der Waals surface area contributed by atoms with Gasteiger partial charge < -0.3 is 19.9 Å². The van der Waals surface area contributed by atoms with Gasteiger partial charge in [-0.2, -0.15) is 0 Å². The minimum atomic E-state index is -0.864. The van der Waals surface area contributed by atoms with Gasteiger partial charge in [0.15, 0.2) is 0 Å². The molecule has 2 N–H and O–H groups in total. The number of methoxy groups -OCH3 is 1. The third-order valence-electron chi connectivity index (χ3n) is 5.29. The number of hydrogen-bond acceptors (Lipinski definition) is 4. The number of amides is 1. The van der Waals surface area contributed by atoms with Gasteiger partial charge in [0, 0.05) is 12.1 Å². The molecule has 0 aliphatic heterocycles. The van der Waals surface area contributed by atoms with E-state index in [0.717, 1.165) is 11.1 Å². The molecule has 0 bridgehead atoms. The van der Waals surface area contributed by atoms with Gasteiger partial charge in [-0.15, -0.1) is 0 Å². The summed E-state index contributed by atoms with van der Waals surface area (Å²) in [6.45, 7) is 2.01. The summed E-state index contributed by atoms with van der Waals surface area (Å²) < 4.78 is 24.3. The molecule has 7 heteroatoms. The molecule has 0 unspecified atom stereocenters. The van der Waals surface area contributed by atoms with Gasteiger partial charge in [0.05, 0.1) is 18.6 Å². The SMILES string of the molecule is CC[C@@H](Cc1ccc(OC)c(C(=O)NCc2ccccc2Oc2ccc(F)cc2)c1)C(=O)O. The Kier molecular flexibility index (Phi) is 8.02. The van der Waals surface area contributed by atoms with Crippen LogP contribution < -0.4 is 14.8 Å². The van der Waals surface area contributed by atoms with E-state index in [-0.39, 0.29) is 18.3 Å². The molecule has 1 amide bonds. The van der Waals surface area contributed by atoms with Gasteiger partial charge in [-0.05, 0) is 60.9 Å². The molecule has 0 radical (unpaired) electrons. The van der Waals surface area contributed by atoms with E-state index in [1.165, 1.54) is 31.4 Å². The Bertz CT molecular complexity index is 1110. The van der Waals surface area contributed by atoms with Crippen LogP contribution in [0.2, 0.25) is 0 Å². The summed E-state index contributed by atoms with van der Waals surface area (Å²) in [6, 6.07) is 18.0. The summed E-state index contributed by atoms with van der Waals surface area (Å²) >= 11 is 0. The molecule has 33 heavy (non-hydrogen) atoms. The highest BCUT2D eigenvalue weighted by molar-refractivity contribution is 5.97. The minimum Gasteiger partial charge on any atom is -0.496 e. The zero-order valence-electron chi connectivity index (χ0n) is 18.5. The molecule has 0 saturated carbocycles. The molecule has 0 aliphatic rings. The van der Waals surface area contributed by atoms with Gasteiger partial charge in [-0.3, -0.25) is 9.59 Å². The molecule has 3 rings (SSSR count). The summed E-state index contributed by atoms with van der Waals surface area (Å²) in [6.07, 6.45) is 0.818. The molecule has 0 aliphatic carbocycles. The number of carbonyl (C=O) groups is 2. The number of benzene rings is 3. The average Bonchev–Trinajstić information content (AvgIpc) is 2.82. The van der Waals surface area contributed by atoms with Crippen LogP contribution in [0.5, 0.6) is 17.2 Å². The molecule has 0 aromatic heterocycles. The topological polar surface area (TPSA) is 84.9 Å². The molecule has 0 saturated heterocycles. The van der Waals surface area contributed by atoms with Crippen molar-refractivity contribution in [2.75, 3.05) is 7.11 Å². The zero-order chi connectivity index (χ0) is 23.8. The van der Waals surface area contributed by atoms with Gasteiger partial charge in [-0.25, -0.2) is 4.39 Å². The van der Waals surface area contributed by atoms with E-state index in [0.29, 0.717) is 35.7 Å². The van der Waals surface area contributed by atoms with Gasteiger partial charge in [-0.1, -0.05) is 31.2 Å². The van der Waals surface area contributed by atoms with Crippen molar-refractivity contribution in [1.29, 1.82) is 0 Å². The number of carboxylic acid groups (broad SMARTS) is 1. The standard InChI is InChI=1S/C26H26FNO5/c1-3-18(26(30)31)14-17-8-13-24(32-2)22(15-17)25(29)28-16-19-6-4-5-7-23(19)33-21-11-9-20(27)10-12-21/h4-13,15,18H,3,14,16H2,1-2H3,(H,28,29)(H,30,31)/t18-/m0/s1. The van der Waals surface area contributed by atoms with Crippen LogP contribution >= 0.6 is 0 Å². The Morgan fingerprint density at radius 2 is 1.76 bits per heavy atom. The van der Waals surface area contributed by atoms with Crippen LogP contribution in [0.1, 0.15) is 34.8 Å². The van der Waals surface area contributed by atoms with E-state index < -0.39 is 11.9 Å². The highest BCUT2D eigenvalue weighted by atomic mass is 19.1. The summed E-state index contributed by atoms with van der Waals surface area (Å²) in [5.74, 6) is -0.676. The lowest BCUT2D eigenvalue weighted by Crippen LogP contribution is -2.24. The van der Waals surface area contributed by atoms with E-state index in [4.69, 9.17) is 9.47 Å². The van der Waals surface area contributed by atoms with E-state index >= 15 is 0 Å². The molecule has 1 atom stereocenters. The second-order valence-corrected chi connectivity index (χ2v) is 7.53. The first-order valence-electron chi connectivity index (χ1n) is 10.6. The van der Waals surface area contributed by atoms with Crippen LogP contribution in [0.25, 0.3) is 0 Å². The lowest BCUT2D eigenvalue weighted by atomic mass is 9.95. The second-order valence-electron chi connectivity index (χ2n) is 7.53. The van der Waals surface area contributed by atoms with Crippen molar-refractivity contribution < 1.29 is 28.6 Å². The minimum absolute atomic E-state index is 0.191. The van der Waals surface area contributed by atoms with E-state index in [9.17, 15) is 19.1 Å². The molecule has 3 aromatic rings. The number of carboxylic acids is 1. The Labute approximate surface area is 192 Å². The first kappa shape index (κ1) is 23.8. The van der Waals surface area contributed by atoms with E-state index in [2.05, 4.69) is 5.32 Å². The van der Waals surface area contributed by atoms with Crippen LogP contribution in [-0.4, -0.2) is 24.1 Å². The number of ether oxygens (including phenoxy) is 2. The Morgan fingerprint density at radius 1 is 1.03 bits per heavy atom. The van der Waals surface area contributed by atoms with E-state index in [1.807, 2.05) is 25.1 Å². The lowest BCUT2D eigenvalue weighted by molar-refractivity contribution is -0.141. The Hall–Kier alpha value is -3.87. The van der Waals surface area contributed by atoms with Crippen LogP contribution in [0.15, 0.2) is 66.7 Å². The highest BCUT2D eigenvalue weighted by Crippen LogP contribution is 2.26. The predicted octanol–water partition coefficient (Wildman–Crippen LogP) is 5.21. The normalized spacial score (nSPS) is 11.5. The van der Waals surface area contributed by atoms with Crippen molar-refractivity contribution in [3.8, 4) is 17.2 Å². The van der Waals surface area contributed by atoms with Crippen molar-refractivity contribution in [2.24, 2.45) is 5.92 Å². The molecular weight excluding hydrogens is 425 g/mol. The fraction of sp³-hybridized carbons (Fsp3) is 0.231. The van der Waals surface area contributed by atoms with Crippen LogP contribution in [0, 0.1) is 11.7 Å². The van der Waals surface area contributed by atoms with Gasteiger partial charge >= 0.3 is 5.97 Å². The number of halogens is 1. The van der Waals surface area contributed by atoms with Crippen molar-refractivity contribution in [1.82, 2.24) is 5.32 Å². The fourth-order valence-electron chi connectivity index (χ4n) is 3.40. The van der Waals surface area contributed by atoms with Crippen molar-refractivity contribution in [3.05, 3.63) is 89.2 Å². The maximum absolute atomic E-state index is 13.2. The molecule has 0 spiro atoms. The van der Waals surface area contributed by atoms with E-state index in [1.54, 1.807) is 24.3 Å². The van der Waals surface area contributed by atoms with Crippen molar-refractivity contribution in [2.45, 2.75) is 26.3 Å². The highest BCUT2D eigenvalue weighted by Gasteiger charge is 2.19. The van der Waals surface area contributed by atoms with Crippen molar-refractivity contribution in [3.63, 3.8) is 0 Å². The molecule has 6 nitrogen and oxygen atoms in total. The molecule has 0 heterocycles.